The van der Waals surface area contributed by atoms with Gasteiger partial charge in [0.15, 0.2) is 0 Å². The van der Waals surface area contributed by atoms with E-state index in [0.717, 1.165) is 42.1 Å². The molecule has 0 bridgehead atoms. The van der Waals surface area contributed by atoms with Crippen molar-refractivity contribution in [1.82, 2.24) is 4.57 Å². The molecule has 1 aromatic heterocycles. The molecule has 1 N–H and O–H groups in total. The predicted octanol–water partition coefficient (Wildman–Crippen LogP) is 3.19. The molecule has 0 aliphatic heterocycles. The van der Waals surface area contributed by atoms with Crippen LogP contribution in [0.4, 0.5) is 0 Å². The molecule has 1 unspecified atom stereocenters. The lowest BCUT2D eigenvalue weighted by Gasteiger charge is -2.31. The molecule has 1 aliphatic carbocycles. The molecule has 3 heteroatoms. The van der Waals surface area contributed by atoms with E-state index in [1.54, 1.807) is 0 Å². The Bertz CT molecular complexity index is 694. The molecular weight excluding hydrogens is 262 g/mol. The molecule has 3 rings (SSSR count). The smallest absolute Gasteiger partial charge is 0.258 e. The molecule has 1 saturated carbocycles. The Morgan fingerprint density at radius 1 is 1.19 bits per heavy atom. The molecule has 1 fully saturated rings. The first-order chi connectivity index (χ1) is 10.1. The lowest BCUT2D eigenvalue weighted by Crippen LogP contribution is -2.27. The Kier molecular flexibility index (Phi) is 3.85. The normalized spacial score (nSPS) is 24.1. The van der Waals surface area contributed by atoms with Crippen LogP contribution in [0.3, 0.4) is 0 Å². The maximum atomic E-state index is 12.5. The first kappa shape index (κ1) is 14.3. The van der Waals surface area contributed by atoms with Crippen LogP contribution in [0, 0.1) is 5.92 Å². The van der Waals surface area contributed by atoms with Crippen LogP contribution in [0.2, 0.25) is 0 Å². The summed E-state index contributed by atoms with van der Waals surface area (Å²) in [6, 6.07) is 9.98. The lowest BCUT2D eigenvalue weighted by atomic mass is 9.78. The Morgan fingerprint density at radius 2 is 1.86 bits per heavy atom. The van der Waals surface area contributed by atoms with E-state index >= 15 is 0 Å². The Labute approximate surface area is 125 Å². The van der Waals surface area contributed by atoms with Gasteiger partial charge in [0.1, 0.15) is 0 Å². The summed E-state index contributed by atoms with van der Waals surface area (Å²) in [6.45, 7) is 1.89. The fourth-order valence-corrected chi connectivity index (χ4v) is 3.66. The van der Waals surface area contributed by atoms with Gasteiger partial charge in [0.25, 0.3) is 5.56 Å². The summed E-state index contributed by atoms with van der Waals surface area (Å²) in [6.07, 6.45) is 3.99. The number of fused-ring (bicyclic) bond motifs is 1. The second kappa shape index (κ2) is 5.64. The summed E-state index contributed by atoms with van der Waals surface area (Å²) in [4.78, 5) is 12.5. The minimum atomic E-state index is -0.216. The van der Waals surface area contributed by atoms with Crippen LogP contribution in [0.5, 0.6) is 0 Å². The standard InChI is InChI=1S/C18H23NO2/c1-12(20)13-7-9-14(10-8-13)17-11-15-5-3-4-6-16(15)18(21)19(17)2/h3-6,11-14,20H,7-10H2,1-2H3. The van der Waals surface area contributed by atoms with Crippen molar-refractivity contribution in [3.05, 3.63) is 46.4 Å². The summed E-state index contributed by atoms with van der Waals surface area (Å²) in [5.74, 6) is 0.848. The van der Waals surface area contributed by atoms with Gasteiger partial charge in [0.05, 0.1) is 6.10 Å². The first-order valence-corrected chi connectivity index (χ1v) is 7.84. The molecule has 0 amide bonds. The van der Waals surface area contributed by atoms with Gasteiger partial charge < -0.3 is 9.67 Å². The highest BCUT2D eigenvalue weighted by Gasteiger charge is 2.26. The second-order valence-corrected chi connectivity index (χ2v) is 6.37. The van der Waals surface area contributed by atoms with E-state index < -0.39 is 0 Å². The Balaban J connectivity index is 1.95. The molecule has 1 heterocycles. The average molecular weight is 285 g/mol. The topological polar surface area (TPSA) is 42.2 Å². The quantitative estimate of drug-likeness (QED) is 0.920. The van der Waals surface area contributed by atoms with Crippen LogP contribution in [0.25, 0.3) is 10.8 Å². The van der Waals surface area contributed by atoms with Gasteiger partial charge >= 0.3 is 0 Å². The molecule has 112 valence electrons. The van der Waals surface area contributed by atoms with Crippen LogP contribution in [-0.4, -0.2) is 15.8 Å². The largest absolute Gasteiger partial charge is 0.393 e. The number of aromatic nitrogens is 1. The van der Waals surface area contributed by atoms with E-state index in [-0.39, 0.29) is 11.7 Å². The zero-order chi connectivity index (χ0) is 15.0. The molecule has 1 aliphatic rings. The molecule has 21 heavy (non-hydrogen) atoms. The van der Waals surface area contributed by atoms with Crippen LogP contribution in [-0.2, 0) is 7.05 Å². The van der Waals surface area contributed by atoms with Gasteiger partial charge in [-0.15, -0.1) is 0 Å². The van der Waals surface area contributed by atoms with Gasteiger partial charge in [-0.25, -0.2) is 0 Å². The highest BCUT2D eigenvalue weighted by molar-refractivity contribution is 5.81. The SMILES string of the molecule is CC(O)C1CCC(c2cc3ccccc3c(=O)n2C)CC1. The fraction of sp³-hybridized carbons (Fsp3) is 0.500. The number of aliphatic hydroxyl groups excluding tert-OH is 1. The third-order valence-electron chi connectivity index (χ3n) is 5.06. The fourth-order valence-electron chi connectivity index (χ4n) is 3.66. The number of hydrogen-bond donors (Lipinski definition) is 1. The molecule has 1 aromatic carbocycles. The zero-order valence-corrected chi connectivity index (χ0v) is 12.7. The van der Waals surface area contributed by atoms with Gasteiger partial charge in [-0.05, 0) is 62.0 Å². The highest BCUT2D eigenvalue weighted by atomic mass is 16.3. The average Bonchev–Trinajstić information content (AvgIpc) is 2.51. The lowest BCUT2D eigenvalue weighted by molar-refractivity contribution is 0.0961. The molecule has 2 aromatic rings. The van der Waals surface area contributed by atoms with Crippen LogP contribution >= 0.6 is 0 Å². The maximum absolute atomic E-state index is 12.5. The highest BCUT2D eigenvalue weighted by Crippen LogP contribution is 2.37. The maximum Gasteiger partial charge on any atom is 0.258 e. The van der Waals surface area contributed by atoms with Crippen molar-refractivity contribution >= 4 is 10.8 Å². The van der Waals surface area contributed by atoms with Crippen molar-refractivity contribution in [1.29, 1.82) is 0 Å². The van der Waals surface area contributed by atoms with E-state index in [9.17, 15) is 9.90 Å². The molecule has 0 spiro atoms. The number of benzene rings is 1. The van der Waals surface area contributed by atoms with E-state index in [4.69, 9.17) is 0 Å². The third-order valence-corrected chi connectivity index (χ3v) is 5.06. The van der Waals surface area contributed by atoms with Crippen LogP contribution in [0.1, 0.15) is 44.2 Å². The number of nitrogens with zero attached hydrogens (tertiary/aromatic N) is 1. The third kappa shape index (κ3) is 2.62. The second-order valence-electron chi connectivity index (χ2n) is 6.37. The minimum Gasteiger partial charge on any atom is -0.393 e. The minimum absolute atomic E-state index is 0.0979. The van der Waals surface area contributed by atoms with Crippen molar-refractivity contribution in [3.8, 4) is 0 Å². The van der Waals surface area contributed by atoms with E-state index in [1.807, 2.05) is 42.8 Å². The zero-order valence-electron chi connectivity index (χ0n) is 12.7. The van der Waals surface area contributed by atoms with Crippen LogP contribution < -0.4 is 5.56 Å². The van der Waals surface area contributed by atoms with Crippen molar-refractivity contribution in [3.63, 3.8) is 0 Å². The van der Waals surface area contributed by atoms with Crippen molar-refractivity contribution < 1.29 is 5.11 Å². The predicted molar refractivity (Wildman–Crippen MR) is 85.6 cm³/mol. The van der Waals surface area contributed by atoms with E-state index in [1.165, 1.54) is 0 Å². The number of rotatable bonds is 2. The summed E-state index contributed by atoms with van der Waals surface area (Å²) >= 11 is 0. The van der Waals surface area contributed by atoms with Crippen molar-refractivity contribution in [2.45, 2.75) is 44.6 Å². The van der Waals surface area contributed by atoms with Crippen molar-refractivity contribution in [2.75, 3.05) is 0 Å². The number of pyridine rings is 1. The Morgan fingerprint density at radius 3 is 2.52 bits per heavy atom. The van der Waals surface area contributed by atoms with E-state index in [2.05, 4.69) is 6.07 Å². The molecule has 0 saturated heterocycles. The first-order valence-electron chi connectivity index (χ1n) is 7.84. The summed E-state index contributed by atoms with van der Waals surface area (Å²) in [5, 5.41) is 11.5. The molecular formula is C18H23NO2. The van der Waals surface area contributed by atoms with Gasteiger partial charge in [-0.2, -0.15) is 0 Å². The van der Waals surface area contributed by atoms with Crippen molar-refractivity contribution in [2.24, 2.45) is 13.0 Å². The summed E-state index contributed by atoms with van der Waals surface area (Å²) < 4.78 is 1.82. The van der Waals surface area contributed by atoms with Gasteiger partial charge in [0, 0.05) is 18.1 Å². The molecule has 3 nitrogen and oxygen atoms in total. The van der Waals surface area contributed by atoms with Gasteiger partial charge in [-0.3, -0.25) is 4.79 Å². The number of aliphatic hydroxyl groups is 1. The van der Waals surface area contributed by atoms with E-state index in [0.29, 0.717) is 11.8 Å². The number of hydrogen-bond acceptors (Lipinski definition) is 2. The molecule has 1 atom stereocenters. The van der Waals surface area contributed by atoms with Gasteiger partial charge in [0.2, 0.25) is 0 Å². The van der Waals surface area contributed by atoms with Gasteiger partial charge in [-0.1, -0.05) is 18.2 Å². The Hall–Kier alpha value is -1.61. The monoisotopic (exact) mass is 285 g/mol. The summed E-state index contributed by atoms with van der Waals surface area (Å²) in [5.41, 5.74) is 1.24. The van der Waals surface area contributed by atoms with Crippen LogP contribution in [0.15, 0.2) is 35.1 Å². The summed E-state index contributed by atoms with van der Waals surface area (Å²) in [7, 11) is 1.88. The molecule has 0 radical (unpaired) electrons.